The van der Waals surface area contributed by atoms with Gasteiger partial charge >= 0.3 is 0 Å². The van der Waals surface area contributed by atoms with E-state index >= 15 is 0 Å². The number of carbonyl (C=O) groups is 1. The fourth-order valence-electron chi connectivity index (χ4n) is 3.15. The van der Waals surface area contributed by atoms with E-state index in [1.165, 1.54) is 38.6 Å². The number of carbonyl (C=O) groups excluding carboxylic acids is 1. The molecule has 4 heterocycles. The summed E-state index contributed by atoms with van der Waals surface area (Å²) in [7, 11) is 1.53. The highest BCUT2D eigenvalue weighted by Gasteiger charge is 2.23. The molecule has 2 aliphatic heterocycles. The van der Waals surface area contributed by atoms with Crippen molar-refractivity contribution in [1.29, 1.82) is 0 Å². The molecule has 2 aliphatic rings. The van der Waals surface area contributed by atoms with Crippen molar-refractivity contribution in [1.82, 2.24) is 15.3 Å². The maximum absolute atomic E-state index is 11.5. The number of aryl methyl sites for hydroxylation is 1. The molecule has 4 rings (SSSR count). The molecule has 7 heteroatoms. The first-order valence-corrected chi connectivity index (χ1v) is 8.81. The lowest BCUT2D eigenvalue weighted by atomic mass is 10.1. The molecule has 0 unspecified atom stereocenters. The van der Waals surface area contributed by atoms with E-state index in [9.17, 15) is 4.79 Å². The number of hydrogen-bond donors (Lipinski definition) is 2. The van der Waals surface area contributed by atoms with E-state index < -0.39 is 0 Å². The Bertz CT molecular complexity index is 771. The molecule has 0 saturated carbocycles. The van der Waals surface area contributed by atoms with Crippen LogP contribution >= 0.6 is 0 Å². The number of amides is 1. The van der Waals surface area contributed by atoms with E-state index in [0.717, 1.165) is 35.7 Å². The predicted molar refractivity (Wildman–Crippen MR) is 98.7 cm³/mol. The summed E-state index contributed by atoms with van der Waals surface area (Å²) >= 11 is 0. The van der Waals surface area contributed by atoms with Crippen molar-refractivity contribution < 1.29 is 14.6 Å². The summed E-state index contributed by atoms with van der Waals surface area (Å²) in [6.07, 6.45) is 5.14. The van der Waals surface area contributed by atoms with Gasteiger partial charge in [-0.15, -0.1) is 0 Å². The van der Waals surface area contributed by atoms with Crippen LogP contribution in [0.4, 0.5) is 5.82 Å². The smallest absolute Gasteiger partial charge is 0.253 e. The Kier molecular flexibility index (Phi) is 5.55. The van der Waals surface area contributed by atoms with Gasteiger partial charge in [-0.05, 0) is 43.9 Å². The molecule has 0 bridgehead atoms. The highest BCUT2D eigenvalue weighted by molar-refractivity contribution is 5.98. The molecule has 1 fully saturated rings. The number of pyridine rings is 2. The van der Waals surface area contributed by atoms with Crippen LogP contribution in [0.5, 0.6) is 11.6 Å². The van der Waals surface area contributed by atoms with E-state index in [4.69, 9.17) is 9.84 Å². The molecule has 1 saturated heterocycles. The Balaban J connectivity index is 0.000000185. The normalized spacial score (nSPS) is 15.6. The van der Waals surface area contributed by atoms with Crippen LogP contribution in [0.3, 0.4) is 0 Å². The van der Waals surface area contributed by atoms with Gasteiger partial charge in [0.1, 0.15) is 11.6 Å². The molecular weight excluding hydrogens is 332 g/mol. The van der Waals surface area contributed by atoms with Gasteiger partial charge in [0.25, 0.3) is 5.91 Å². The number of fused-ring (bicyclic) bond motifs is 1. The summed E-state index contributed by atoms with van der Waals surface area (Å²) < 4.78 is 4.75. The van der Waals surface area contributed by atoms with Gasteiger partial charge in [-0.3, -0.25) is 4.79 Å². The van der Waals surface area contributed by atoms with Crippen molar-refractivity contribution >= 4 is 11.7 Å². The second-order valence-corrected chi connectivity index (χ2v) is 6.41. The van der Waals surface area contributed by atoms with Gasteiger partial charge in [0.15, 0.2) is 0 Å². The lowest BCUT2D eigenvalue weighted by Gasteiger charge is -2.29. The summed E-state index contributed by atoms with van der Waals surface area (Å²) in [6, 6.07) is 5.09. The second kappa shape index (κ2) is 8.03. The largest absolute Gasteiger partial charge is 0.506 e. The van der Waals surface area contributed by atoms with Crippen LogP contribution in [0.1, 0.15) is 40.9 Å². The van der Waals surface area contributed by atoms with Crippen LogP contribution < -0.4 is 15.0 Å². The third-order valence-corrected chi connectivity index (χ3v) is 4.51. The number of nitrogens with zero attached hydrogens (tertiary/aromatic N) is 3. The number of ether oxygens (including phenoxy) is 1. The summed E-state index contributed by atoms with van der Waals surface area (Å²) in [5.41, 5.74) is 2.77. The Labute approximate surface area is 153 Å². The zero-order chi connectivity index (χ0) is 18.5. The standard InChI is InChI=1S/C13H17N3O.C6H7NO2/c1-9-7-10-11(8-14-13(10)17)15-12(9)16-5-3-2-4-6-16;1-9-6-3-2-5(8)4-7-6/h7H,2-6,8H2,1H3,(H,14,17);2-4,8H,1H3. The monoisotopic (exact) mass is 356 g/mol. The maximum atomic E-state index is 11.5. The zero-order valence-electron chi connectivity index (χ0n) is 15.2. The zero-order valence-corrected chi connectivity index (χ0v) is 15.2. The molecule has 0 spiro atoms. The third-order valence-electron chi connectivity index (χ3n) is 4.51. The highest BCUT2D eigenvalue weighted by Crippen LogP contribution is 2.25. The summed E-state index contributed by atoms with van der Waals surface area (Å²) in [4.78, 5) is 22.3. The minimum atomic E-state index is 0.0146. The van der Waals surface area contributed by atoms with Gasteiger partial charge < -0.3 is 20.1 Å². The predicted octanol–water partition coefficient (Wildman–Crippen LogP) is 2.42. The van der Waals surface area contributed by atoms with Gasteiger partial charge in [0.05, 0.1) is 31.1 Å². The summed E-state index contributed by atoms with van der Waals surface area (Å²) in [5.74, 6) is 1.74. The minimum absolute atomic E-state index is 0.0146. The second-order valence-electron chi connectivity index (χ2n) is 6.41. The molecule has 7 nitrogen and oxygen atoms in total. The van der Waals surface area contributed by atoms with Crippen LogP contribution in [0.15, 0.2) is 24.4 Å². The summed E-state index contributed by atoms with van der Waals surface area (Å²) in [6.45, 7) is 4.81. The number of anilines is 1. The minimum Gasteiger partial charge on any atom is -0.506 e. The fourth-order valence-corrected chi connectivity index (χ4v) is 3.15. The number of aromatic nitrogens is 2. The fraction of sp³-hybridized carbons (Fsp3) is 0.421. The van der Waals surface area contributed by atoms with E-state index in [-0.39, 0.29) is 11.7 Å². The molecule has 2 aromatic rings. The van der Waals surface area contributed by atoms with Gasteiger partial charge in [0.2, 0.25) is 5.88 Å². The number of nitrogens with one attached hydrogen (secondary N) is 1. The quantitative estimate of drug-likeness (QED) is 0.859. The lowest BCUT2D eigenvalue weighted by molar-refractivity contribution is 0.0965. The Morgan fingerprint density at radius 3 is 2.65 bits per heavy atom. The molecule has 0 aliphatic carbocycles. The molecule has 2 N–H and O–H groups in total. The molecule has 0 atom stereocenters. The number of aromatic hydroxyl groups is 1. The molecule has 2 aromatic heterocycles. The van der Waals surface area contributed by atoms with E-state index in [1.54, 1.807) is 6.07 Å². The van der Waals surface area contributed by atoms with Gasteiger partial charge in [-0.2, -0.15) is 0 Å². The molecule has 26 heavy (non-hydrogen) atoms. The van der Waals surface area contributed by atoms with Crippen LogP contribution in [0, 0.1) is 6.92 Å². The topological polar surface area (TPSA) is 87.6 Å². The molecule has 0 aromatic carbocycles. The maximum Gasteiger partial charge on any atom is 0.253 e. The van der Waals surface area contributed by atoms with Crippen molar-refractivity contribution in [2.24, 2.45) is 0 Å². The molecule has 0 radical (unpaired) electrons. The van der Waals surface area contributed by atoms with Crippen molar-refractivity contribution in [3.63, 3.8) is 0 Å². The Morgan fingerprint density at radius 1 is 1.23 bits per heavy atom. The van der Waals surface area contributed by atoms with E-state index in [0.29, 0.717) is 12.4 Å². The molecular formula is C19H24N4O3. The van der Waals surface area contributed by atoms with Crippen LogP contribution in [0.2, 0.25) is 0 Å². The molecule has 1 amide bonds. The van der Waals surface area contributed by atoms with E-state index in [1.807, 2.05) is 13.0 Å². The summed E-state index contributed by atoms with van der Waals surface area (Å²) in [5, 5.41) is 11.6. The van der Waals surface area contributed by atoms with Crippen molar-refractivity contribution in [2.75, 3.05) is 25.1 Å². The van der Waals surface area contributed by atoms with Crippen LogP contribution in [-0.2, 0) is 6.54 Å². The average molecular weight is 356 g/mol. The highest BCUT2D eigenvalue weighted by atomic mass is 16.5. The Morgan fingerprint density at radius 2 is 2.00 bits per heavy atom. The van der Waals surface area contributed by atoms with Crippen molar-refractivity contribution in [3.05, 3.63) is 41.2 Å². The Hall–Kier alpha value is -2.83. The number of hydrogen-bond acceptors (Lipinski definition) is 6. The lowest BCUT2D eigenvalue weighted by Crippen LogP contribution is -2.31. The van der Waals surface area contributed by atoms with Gasteiger partial charge in [0, 0.05) is 19.2 Å². The SMILES string of the molecule is COc1ccc(O)cn1.Cc1cc2c(nc1N1CCCCC1)CNC2=O. The van der Waals surface area contributed by atoms with Gasteiger partial charge in [-0.25, -0.2) is 9.97 Å². The van der Waals surface area contributed by atoms with Gasteiger partial charge in [-0.1, -0.05) is 0 Å². The molecule has 138 valence electrons. The first-order chi connectivity index (χ1) is 12.6. The number of piperidine rings is 1. The van der Waals surface area contributed by atoms with Crippen LogP contribution in [-0.4, -0.2) is 41.2 Å². The van der Waals surface area contributed by atoms with E-state index in [2.05, 4.69) is 20.2 Å². The average Bonchev–Trinajstić information content (AvgIpc) is 3.03. The van der Waals surface area contributed by atoms with Crippen LogP contribution in [0.25, 0.3) is 0 Å². The number of rotatable bonds is 2. The van der Waals surface area contributed by atoms with Crippen molar-refractivity contribution in [2.45, 2.75) is 32.7 Å². The number of methoxy groups -OCH3 is 1. The van der Waals surface area contributed by atoms with Crippen molar-refractivity contribution in [3.8, 4) is 11.6 Å². The third kappa shape index (κ3) is 4.04. The first kappa shape index (κ1) is 18.0. The first-order valence-electron chi connectivity index (χ1n) is 8.81.